The number of benzene rings is 1. The van der Waals surface area contributed by atoms with Crippen molar-refractivity contribution in [2.45, 2.75) is 73.3 Å². The molecule has 28 heavy (non-hydrogen) atoms. The van der Waals surface area contributed by atoms with E-state index in [9.17, 15) is 8.42 Å². The third-order valence-corrected chi connectivity index (χ3v) is 8.44. The summed E-state index contributed by atoms with van der Waals surface area (Å²) in [5, 5.41) is 3.35. The molecule has 5 nitrogen and oxygen atoms in total. The standard InChI is InChI=1S/C22H26N2O3S/c25-28(26,19-11-12-19)18-9-7-15(8-10-18)21(27-17-5-1-2-6-17)20-14-16-4-3-13-23-22(16)24-20/h3-4,7-10,13,17,19-21H,1-2,5-6,11-12,14H2,(H,23,24). The maximum Gasteiger partial charge on any atom is 0.181 e. The van der Waals surface area contributed by atoms with Crippen molar-refractivity contribution in [1.29, 1.82) is 0 Å². The number of ether oxygens (including phenoxy) is 1. The van der Waals surface area contributed by atoms with Crippen molar-refractivity contribution < 1.29 is 13.2 Å². The minimum atomic E-state index is -3.16. The Morgan fingerprint density at radius 3 is 2.46 bits per heavy atom. The molecule has 2 fully saturated rings. The number of nitrogens with one attached hydrogen (secondary N) is 1. The topological polar surface area (TPSA) is 68.3 Å². The van der Waals surface area contributed by atoms with Gasteiger partial charge in [0.1, 0.15) is 11.9 Å². The van der Waals surface area contributed by atoms with Gasteiger partial charge in [-0.25, -0.2) is 13.4 Å². The van der Waals surface area contributed by atoms with E-state index in [-0.39, 0.29) is 23.5 Å². The second-order valence-electron chi connectivity index (χ2n) is 8.24. The summed E-state index contributed by atoms with van der Waals surface area (Å²) in [5.74, 6) is 0.931. The van der Waals surface area contributed by atoms with Crippen LogP contribution in [0.3, 0.4) is 0 Å². The van der Waals surface area contributed by atoms with Gasteiger partial charge in [-0.1, -0.05) is 31.0 Å². The monoisotopic (exact) mass is 398 g/mol. The van der Waals surface area contributed by atoms with Crippen LogP contribution in [0.4, 0.5) is 5.82 Å². The molecule has 2 unspecified atom stereocenters. The fourth-order valence-electron chi connectivity index (χ4n) is 4.44. The van der Waals surface area contributed by atoms with E-state index < -0.39 is 9.84 Å². The summed E-state index contributed by atoms with van der Waals surface area (Å²) in [6.07, 6.45) is 9.04. The molecule has 148 valence electrons. The number of fused-ring (bicyclic) bond motifs is 1. The number of hydrogen-bond donors (Lipinski definition) is 1. The molecule has 5 rings (SSSR count). The van der Waals surface area contributed by atoms with Crippen LogP contribution < -0.4 is 5.32 Å². The van der Waals surface area contributed by atoms with E-state index in [1.165, 1.54) is 18.4 Å². The van der Waals surface area contributed by atoms with Crippen LogP contribution in [-0.4, -0.2) is 30.8 Å². The zero-order valence-electron chi connectivity index (χ0n) is 15.9. The van der Waals surface area contributed by atoms with Gasteiger partial charge in [0.05, 0.1) is 22.3 Å². The molecule has 1 aromatic heterocycles. The van der Waals surface area contributed by atoms with E-state index in [1.807, 2.05) is 18.2 Å². The summed E-state index contributed by atoms with van der Waals surface area (Å²) in [6.45, 7) is 0. The zero-order chi connectivity index (χ0) is 19.1. The molecule has 0 bridgehead atoms. The Labute approximate surface area is 166 Å². The second kappa shape index (κ2) is 7.16. The first-order valence-electron chi connectivity index (χ1n) is 10.3. The molecule has 0 spiro atoms. The SMILES string of the molecule is O=S(=O)(c1ccc(C(OC2CCCC2)C2Cc3cccnc3N2)cc1)C1CC1. The normalized spacial score (nSPS) is 23.4. The number of sulfone groups is 1. The molecule has 2 aliphatic carbocycles. The first kappa shape index (κ1) is 18.1. The van der Waals surface area contributed by atoms with Crippen molar-refractivity contribution in [2.24, 2.45) is 0 Å². The highest BCUT2D eigenvalue weighted by atomic mass is 32.2. The number of aromatic nitrogens is 1. The number of nitrogens with zero attached hydrogens (tertiary/aromatic N) is 1. The molecular formula is C22H26N2O3S. The van der Waals surface area contributed by atoms with Crippen LogP contribution in [0.25, 0.3) is 0 Å². The minimum Gasteiger partial charge on any atom is -0.368 e. The zero-order valence-corrected chi connectivity index (χ0v) is 16.7. The Balaban J connectivity index is 1.41. The summed E-state index contributed by atoms with van der Waals surface area (Å²) in [5.41, 5.74) is 2.24. The fraction of sp³-hybridized carbons (Fsp3) is 0.500. The van der Waals surface area contributed by atoms with Crippen molar-refractivity contribution in [3.05, 3.63) is 53.7 Å². The Morgan fingerprint density at radius 1 is 1.04 bits per heavy atom. The van der Waals surface area contributed by atoms with Gasteiger partial charge < -0.3 is 10.1 Å². The van der Waals surface area contributed by atoms with Gasteiger partial charge in [0.2, 0.25) is 0 Å². The van der Waals surface area contributed by atoms with Crippen molar-refractivity contribution in [2.75, 3.05) is 5.32 Å². The molecule has 1 aromatic carbocycles. The lowest BCUT2D eigenvalue weighted by atomic mass is 9.99. The molecule has 0 radical (unpaired) electrons. The van der Waals surface area contributed by atoms with Crippen LogP contribution in [0.5, 0.6) is 0 Å². The largest absolute Gasteiger partial charge is 0.368 e. The third-order valence-electron chi connectivity index (χ3n) is 6.16. The van der Waals surface area contributed by atoms with Crippen LogP contribution in [-0.2, 0) is 21.0 Å². The molecule has 2 aromatic rings. The Bertz CT molecular complexity index is 923. The van der Waals surface area contributed by atoms with E-state index >= 15 is 0 Å². The molecule has 0 saturated heterocycles. The third kappa shape index (κ3) is 3.44. The van der Waals surface area contributed by atoms with E-state index in [0.717, 1.165) is 43.5 Å². The van der Waals surface area contributed by atoms with Crippen molar-refractivity contribution in [1.82, 2.24) is 4.98 Å². The fourth-order valence-corrected chi connectivity index (χ4v) is 6.09. The summed E-state index contributed by atoms with van der Waals surface area (Å²) in [4.78, 5) is 4.88. The van der Waals surface area contributed by atoms with E-state index in [1.54, 1.807) is 18.3 Å². The van der Waals surface area contributed by atoms with Crippen molar-refractivity contribution >= 4 is 15.7 Å². The van der Waals surface area contributed by atoms with Gasteiger partial charge in [0.25, 0.3) is 0 Å². The highest BCUT2D eigenvalue weighted by Crippen LogP contribution is 2.38. The lowest BCUT2D eigenvalue weighted by molar-refractivity contribution is -0.0185. The summed E-state index contributed by atoms with van der Waals surface area (Å²) in [7, 11) is -3.16. The lowest BCUT2D eigenvalue weighted by Gasteiger charge is -2.28. The van der Waals surface area contributed by atoms with Gasteiger partial charge in [-0.05, 0) is 61.4 Å². The van der Waals surface area contributed by atoms with Gasteiger partial charge in [-0.15, -0.1) is 0 Å². The molecule has 2 atom stereocenters. The smallest absolute Gasteiger partial charge is 0.181 e. The van der Waals surface area contributed by atoms with E-state index in [2.05, 4.69) is 16.4 Å². The Hall–Kier alpha value is -1.92. The molecule has 2 saturated carbocycles. The van der Waals surface area contributed by atoms with Crippen molar-refractivity contribution in [3.63, 3.8) is 0 Å². The quantitative estimate of drug-likeness (QED) is 0.795. The Morgan fingerprint density at radius 2 is 1.79 bits per heavy atom. The van der Waals surface area contributed by atoms with E-state index in [0.29, 0.717) is 4.90 Å². The molecule has 1 N–H and O–H groups in total. The summed E-state index contributed by atoms with van der Waals surface area (Å²) >= 11 is 0. The summed E-state index contributed by atoms with van der Waals surface area (Å²) < 4.78 is 31.6. The molecule has 6 heteroatoms. The average molecular weight is 399 g/mol. The van der Waals surface area contributed by atoms with Crippen LogP contribution in [0.15, 0.2) is 47.5 Å². The van der Waals surface area contributed by atoms with Crippen LogP contribution >= 0.6 is 0 Å². The number of hydrogen-bond acceptors (Lipinski definition) is 5. The maximum absolute atomic E-state index is 12.5. The molecular weight excluding hydrogens is 372 g/mol. The first-order valence-corrected chi connectivity index (χ1v) is 11.9. The number of rotatable bonds is 6. The first-order chi connectivity index (χ1) is 13.6. The maximum atomic E-state index is 12.5. The van der Waals surface area contributed by atoms with Gasteiger partial charge in [-0.2, -0.15) is 0 Å². The van der Waals surface area contributed by atoms with Crippen LogP contribution in [0.2, 0.25) is 0 Å². The predicted octanol–water partition coefficient (Wildman–Crippen LogP) is 4.05. The van der Waals surface area contributed by atoms with Crippen LogP contribution in [0, 0.1) is 0 Å². The average Bonchev–Trinajstić information content (AvgIpc) is 3.30. The molecule has 0 amide bonds. The second-order valence-corrected chi connectivity index (χ2v) is 10.5. The minimum absolute atomic E-state index is 0.108. The molecule has 3 aliphatic rings. The number of pyridine rings is 1. The van der Waals surface area contributed by atoms with Crippen LogP contribution in [0.1, 0.15) is 55.8 Å². The van der Waals surface area contributed by atoms with E-state index in [4.69, 9.17) is 4.74 Å². The predicted molar refractivity (Wildman–Crippen MR) is 108 cm³/mol. The van der Waals surface area contributed by atoms with Gasteiger partial charge in [-0.3, -0.25) is 0 Å². The highest BCUT2D eigenvalue weighted by Gasteiger charge is 2.37. The van der Waals surface area contributed by atoms with Gasteiger partial charge in [0.15, 0.2) is 9.84 Å². The summed E-state index contributed by atoms with van der Waals surface area (Å²) in [6, 6.07) is 11.6. The lowest BCUT2D eigenvalue weighted by Crippen LogP contribution is -2.30. The highest BCUT2D eigenvalue weighted by molar-refractivity contribution is 7.92. The van der Waals surface area contributed by atoms with Gasteiger partial charge >= 0.3 is 0 Å². The van der Waals surface area contributed by atoms with Crippen molar-refractivity contribution in [3.8, 4) is 0 Å². The Kier molecular flexibility index (Phi) is 4.63. The number of anilines is 1. The van der Waals surface area contributed by atoms with Gasteiger partial charge in [0, 0.05) is 6.20 Å². The molecule has 1 aliphatic heterocycles. The molecule has 2 heterocycles.